The van der Waals surface area contributed by atoms with Crippen LogP contribution in [0.25, 0.3) is 22.9 Å². The third-order valence-electron chi connectivity index (χ3n) is 6.59. The number of fused-ring (bicyclic) bond motifs is 1. The van der Waals surface area contributed by atoms with Crippen molar-refractivity contribution < 1.29 is 14.3 Å². The van der Waals surface area contributed by atoms with Crippen molar-refractivity contribution in [3.05, 3.63) is 100 Å². The molecule has 1 saturated heterocycles. The van der Waals surface area contributed by atoms with Crippen LogP contribution >= 0.6 is 11.3 Å². The fourth-order valence-electron chi connectivity index (χ4n) is 4.74. The Morgan fingerprint density at radius 1 is 0.865 bits per heavy atom. The fourth-order valence-corrected chi connectivity index (χ4v) is 5.82. The molecule has 0 spiro atoms. The van der Waals surface area contributed by atoms with Gasteiger partial charge in [-0.05, 0) is 36.8 Å². The van der Waals surface area contributed by atoms with Crippen molar-refractivity contribution in [2.45, 2.75) is 6.92 Å². The highest BCUT2D eigenvalue weighted by atomic mass is 32.1. The van der Waals surface area contributed by atoms with Crippen molar-refractivity contribution in [1.29, 1.82) is 0 Å². The maximum Gasteiger partial charge on any atom is 0.266 e. The summed E-state index contributed by atoms with van der Waals surface area (Å²) in [6, 6.07) is 24.8. The van der Waals surface area contributed by atoms with Gasteiger partial charge in [-0.1, -0.05) is 72.0 Å². The summed E-state index contributed by atoms with van der Waals surface area (Å²) in [7, 11) is 0. The van der Waals surface area contributed by atoms with Gasteiger partial charge in [0, 0.05) is 35.4 Å². The second-order valence-electron chi connectivity index (χ2n) is 9.06. The van der Waals surface area contributed by atoms with E-state index in [1.54, 1.807) is 23.5 Å². The minimum absolute atomic E-state index is 0.315. The fraction of sp³-hybridized carbons (Fsp3) is 0.167. The van der Waals surface area contributed by atoms with Crippen molar-refractivity contribution in [3.63, 3.8) is 0 Å². The zero-order valence-electron chi connectivity index (χ0n) is 20.4. The van der Waals surface area contributed by atoms with Crippen LogP contribution in [0.2, 0.25) is 0 Å². The number of nitrogens with zero attached hydrogens (tertiary/aromatic N) is 3. The molecule has 0 bridgehead atoms. The summed E-state index contributed by atoms with van der Waals surface area (Å²) < 4.78 is 5.53. The maximum atomic E-state index is 14.0. The lowest BCUT2D eigenvalue weighted by atomic mass is 9.92. The molecular weight excluding hydrogens is 482 g/mol. The second-order valence-corrected chi connectivity index (χ2v) is 10.1. The van der Waals surface area contributed by atoms with Gasteiger partial charge >= 0.3 is 0 Å². The lowest BCUT2D eigenvalue weighted by molar-refractivity contribution is -0.112. The topological polar surface area (TPSA) is 62.7 Å². The van der Waals surface area contributed by atoms with Gasteiger partial charge in [-0.3, -0.25) is 9.59 Å². The van der Waals surface area contributed by atoms with E-state index in [1.165, 1.54) is 4.90 Å². The molecule has 0 atom stereocenters. The summed E-state index contributed by atoms with van der Waals surface area (Å²) >= 11 is 1.56. The molecule has 3 heterocycles. The van der Waals surface area contributed by atoms with E-state index in [0.29, 0.717) is 35.6 Å². The van der Waals surface area contributed by atoms with Crippen LogP contribution in [-0.4, -0.2) is 43.1 Å². The number of thiazole rings is 1. The SMILES string of the molecule is Cc1cccc(N2C(=O)C(=Cc3sc(N4CCOCC4)nc3-c3ccccc3)c3ccccc3C2=O)c1. The first kappa shape index (κ1) is 23.3. The van der Waals surface area contributed by atoms with Gasteiger partial charge in [0.1, 0.15) is 0 Å². The highest BCUT2D eigenvalue weighted by Gasteiger charge is 2.36. The summed E-state index contributed by atoms with van der Waals surface area (Å²) in [5, 5.41) is 0.900. The molecule has 0 unspecified atom stereocenters. The van der Waals surface area contributed by atoms with E-state index in [0.717, 1.165) is 39.9 Å². The van der Waals surface area contributed by atoms with Crippen LogP contribution in [-0.2, 0) is 9.53 Å². The predicted octanol–water partition coefficient (Wildman–Crippen LogP) is 5.68. The summed E-state index contributed by atoms with van der Waals surface area (Å²) in [4.78, 5) is 36.8. The normalized spacial score (nSPS) is 16.8. The number of morpholine rings is 1. The molecule has 6 rings (SSSR count). The minimum Gasteiger partial charge on any atom is -0.378 e. The maximum absolute atomic E-state index is 14.0. The lowest BCUT2D eigenvalue weighted by Gasteiger charge is -2.29. The van der Waals surface area contributed by atoms with Crippen LogP contribution < -0.4 is 9.80 Å². The Balaban J connectivity index is 1.52. The van der Waals surface area contributed by atoms with E-state index in [9.17, 15) is 9.59 Å². The molecule has 3 aromatic carbocycles. The van der Waals surface area contributed by atoms with E-state index in [2.05, 4.69) is 4.90 Å². The Bertz CT molecular complexity index is 1520. The number of anilines is 2. The third-order valence-corrected chi connectivity index (χ3v) is 7.65. The number of amides is 2. The Labute approximate surface area is 219 Å². The number of hydrogen-bond donors (Lipinski definition) is 0. The molecular formula is C30H25N3O3S. The molecule has 2 amide bonds. The average Bonchev–Trinajstić information content (AvgIpc) is 3.36. The largest absolute Gasteiger partial charge is 0.378 e. The smallest absolute Gasteiger partial charge is 0.266 e. The Morgan fingerprint density at radius 3 is 2.35 bits per heavy atom. The first-order chi connectivity index (χ1) is 18.1. The zero-order valence-corrected chi connectivity index (χ0v) is 21.2. The molecule has 0 radical (unpaired) electrons. The van der Waals surface area contributed by atoms with Crippen LogP contribution in [0.15, 0.2) is 78.9 Å². The summed E-state index contributed by atoms with van der Waals surface area (Å²) in [6.07, 6.45) is 1.90. The average molecular weight is 508 g/mol. The highest BCUT2D eigenvalue weighted by Crippen LogP contribution is 2.39. The number of aromatic nitrogens is 1. The lowest BCUT2D eigenvalue weighted by Crippen LogP contribution is -2.41. The molecule has 7 heteroatoms. The quantitative estimate of drug-likeness (QED) is 0.263. The van der Waals surface area contributed by atoms with Crippen molar-refractivity contribution >= 4 is 45.6 Å². The van der Waals surface area contributed by atoms with Crippen LogP contribution in [0.3, 0.4) is 0 Å². The molecule has 184 valence electrons. The summed E-state index contributed by atoms with van der Waals surface area (Å²) in [6.45, 7) is 4.82. The summed E-state index contributed by atoms with van der Waals surface area (Å²) in [5.41, 5.74) is 4.97. The molecule has 0 N–H and O–H groups in total. The van der Waals surface area contributed by atoms with Gasteiger partial charge in [-0.15, -0.1) is 0 Å². The standard InChI is InChI=1S/C30H25N3O3S/c1-20-8-7-11-22(18-20)33-28(34)24-13-6-5-12-23(24)25(29(33)35)19-26-27(21-9-3-2-4-10-21)31-30(37-26)32-14-16-36-17-15-32/h2-13,18-19H,14-17H2,1H3. The Hall–Kier alpha value is -4.07. The van der Waals surface area contributed by atoms with Gasteiger partial charge in [-0.2, -0.15) is 0 Å². The van der Waals surface area contributed by atoms with Gasteiger partial charge in [0.05, 0.1) is 29.5 Å². The van der Waals surface area contributed by atoms with E-state index < -0.39 is 0 Å². The predicted molar refractivity (Wildman–Crippen MR) is 148 cm³/mol. The number of hydrogen-bond acceptors (Lipinski definition) is 6. The van der Waals surface area contributed by atoms with Crippen molar-refractivity contribution in [1.82, 2.24) is 4.98 Å². The monoisotopic (exact) mass is 507 g/mol. The second kappa shape index (κ2) is 9.76. The van der Waals surface area contributed by atoms with E-state index in [-0.39, 0.29) is 11.8 Å². The first-order valence-electron chi connectivity index (χ1n) is 12.3. The van der Waals surface area contributed by atoms with Gasteiger partial charge < -0.3 is 9.64 Å². The van der Waals surface area contributed by atoms with Crippen LogP contribution in [0, 0.1) is 6.92 Å². The minimum atomic E-state index is -0.338. The molecule has 4 aromatic rings. The van der Waals surface area contributed by atoms with Crippen molar-refractivity contribution in [2.24, 2.45) is 0 Å². The van der Waals surface area contributed by atoms with Gasteiger partial charge in [-0.25, -0.2) is 9.88 Å². The number of ether oxygens (including phenoxy) is 1. The van der Waals surface area contributed by atoms with E-state index >= 15 is 0 Å². The molecule has 6 nitrogen and oxygen atoms in total. The Morgan fingerprint density at radius 2 is 1.59 bits per heavy atom. The van der Waals surface area contributed by atoms with Gasteiger partial charge in [0.15, 0.2) is 5.13 Å². The number of imide groups is 1. The van der Waals surface area contributed by atoms with Crippen molar-refractivity contribution in [3.8, 4) is 11.3 Å². The Kier molecular flexibility index (Phi) is 6.16. The highest BCUT2D eigenvalue weighted by molar-refractivity contribution is 7.17. The summed E-state index contributed by atoms with van der Waals surface area (Å²) in [5.74, 6) is -0.653. The first-order valence-corrected chi connectivity index (χ1v) is 13.1. The number of carbonyl (C=O) groups excluding carboxylic acids is 2. The van der Waals surface area contributed by atoms with E-state index in [4.69, 9.17) is 9.72 Å². The third kappa shape index (κ3) is 4.37. The molecule has 1 fully saturated rings. The molecule has 2 aliphatic heterocycles. The van der Waals surface area contributed by atoms with Crippen LogP contribution in [0.5, 0.6) is 0 Å². The molecule has 0 saturated carbocycles. The molecule has 2 aliphatic rings. The molecule has 37 heavy (non-hydrogen) atoms. The number of rotatable bonds is 4. The molecule has 1 aromatic heterocycles. The van der Waals surface area contributed by atoms with Crippen LogP contribution in [0.4, 0.5) is 10.8 Å². The molecule has 0 aliphatic carbocycles. The van der Waals surface area contributed by atoms with Crippen molar-refractivity contribution in [2.75, 3.05) is 36.1 Å². The van der Waals surface area contributed by atoms with Gasteiger partial charge in [0.25, 0.3) is 11.8 Å². The van der Waals surface area contributed by atoms with E-state index in [1.807, 2.05) is 79.7 Å². The number of carbonyl (C=O) groups is 2. The zero-order chi connectivity index (χ0) is 25.4. The number of benzene rings is 3. The van der Waals surface area contributed by atoms with Crippen LogP contribution in [0.1, 0.15) is 26.4 Å². The van der Waals surface area contributed by atoms with Gasteiger partial charge in [0.2, 0.25) is 0 Å². The number of aryl methyl sites for hydroxylation is 1.